The van der Waals surface area contributed by atoms with Crippen LogP contribution in [0.25, 0.3) is 21.9 Å². The molecule has 0 aliphatic heterocycles. The highest BCUT2D eigenvalue weighted by Crippen LogP contribution is 2.32. The van der Waals surface area contributed by atoms with Crippen molar-refractivity contribution in [2.75, 3.05) is 5.73 Å². The lowest BCUT2D eigenvalue weighted by Gasteiger charge is -2.18. The molecule has 3 aromatic heterocycles. The number of nitrogen functional groups attached to an aromatic ring is 1. The molecule has 0 aliphatic carbocycles. The second-order valence-corrected chi connectivity index (χ2v) is 6.40. The summed E-state index contributed by atoms with van der Waals surface area (Å²) in [5.41, 5.74) is 8.85. The molecule has 0 aliphatic rings. The smallest absolute Gasteiger partial charge is 0.162 e. The van der Waals surface area contributed by atoms with E-state index in [1.807, 2.05) is 23.9 Å². The number of pyridine rings is 2. The molecule has 3 rings (SSSR count). The third kappa shape index (κ3) is 1.99. The van der Waals surface area contributed by atoms with Crippen LogP contribution in [0.4, 0.5) is 5.82 Å². The normalized spacial score (nSPS) is 12.4. The van der Waals surface area contributed by atoms with E-state index in [0.717, 1.165) is 22.7 Å². The van der Waals surface area contributed by atoms with Crippen molar-refractivity contribution in [3.8, 4) is 0 Å². The lowest BCUT2D eigenvalue weighted by Crippen LogP contribution is -2.12. The summed E-state index contributed by atoms with van der Waals surface area (Å²) in [5, 5.41) is 6.65. The fourth-order valence-corrected chi connectivity index (χ4v) is 2.57. The minimum atomic E-state index is 0.174. The Labute approximate surface area is 117 Å². The fraction of sp³-hybridized carbons (Fsp3) is 0.400. The van der Waals surface area contributed by atoms with Gasteiger partial charge in [-0.25, -0.2) is 9.97 Å². The van der Waals surface area contributed by atoms with Gasteiger partial charge in [-0.15, -0.1) is 0 Å². The molecule has 3 heterocycles. The highest BCUT2D eigenvalue weighted by Gasteiger charge is 2.21. The maximum atomic E-state index is 6.04. The molecule has 0 fully saturated rings. The third-order valence-electron chi connectivity index (χ3n) is 3.39. The van der Waals surface area contributed by atoms with Gasteiger partial charge in [0.2, 0.25) is 0 Å². The van der Waals surface area contributed by atoms with Crippen molar-refractivity contribution in [2.24, 2.45) is 12.5 Å². The number of rotatable bonds is 1. The molecule has 5 nitrogen and oxygen atoms in total. The summed E-state index contributed by atoms with van der Waals surface area (Å²) >= 11 is 0. The Bertz CT molecular complexity index is 795. The summed E-state index contributed by atoms with van der Waals surface area (Å²) in [4.78, 5) is 8.66. The Balaban J connectivity index is 2.42. The summed E-state index contributed by atoms with van der Waals surface area (Å²) in [6.07, 6.45) is 2.66. The quantitative estimate of drug-likeness (QED) is 0.737. The van der Waals surface area contributed by atoms with Crippen LogP contribution in [0.1, 0.15) is 26.5 Å². The van der Waals surface area contributed by atoms with Gasteiger partial charge in [0, 0.05) is 29.7 Å². The van der Waals surface area contributed by atoms with E-state index in [1.165, 1.54) is 5.69 Å². The Morgan fingerprint density at radius 3 is 2.75 bits per heavy atom. The van der Waals surface area contributed by atoms with Crippen LogP contribution in [-0.2, 0) is 13.5 Å². The number of anilines is 1. The molecule has 20 heavy (non-hydrogen) atoms. The fourth-order valence-electron chi connectivity index (χ4n) is 2.57. The van der Waals surface area contributed by atoms with E-state index >= 15 is 0 Å². The van der Waals surface area contributed by atoms with E-state index < -0.39 is 0 Å². The molecule has 3 aromatic rings. The van der Waals surface area contributed by atoms with E-state index in [0.29, 0.717) is 11.5 Å². The van der Waals surface area contributed by atoms with Gasteiger partial charge in [0.1, 0.15) is 5.52 Å². The minimum Gasteiger partial charge on any atom is -0.382 e. The predicted molar refractivity (Wildman–Crippen MR) is 81.4 cm³/mol. The molecule has 0 unspecified atom stereocenters. The Morgan fingerprint density at radius 2 is 2.05 bits per heavy atom. The number of nitrogens with two attached hydrogens (primary N) is 1. The summed E-state index contributed by atoms with van der Waals surface area (Å²) in [5.74, 6) is 0.446. The number of nitrogens with zero attached hydrogens (tertiary/aromatic N) is 4. The van der Waals surface area contributed by atoms with E-state index in [2.05, 4.69) is 35.8 Å². The molecule has 0 amide bonds. The molecule has 0 saturated carbocycles. The highest BCUT2D eigenvalue weighted by atomic mass is 15.3. The van der Waals surface area contributed by atoms with Crippen molar-refractivity contribution in [1.29, 1.82) is 0 Å². The van der Waals surface area contributed by atoms with Crippen LogP contribution in [0.2, 0.25) is 0 Å². The monoisotopic (exact) mass is 269 g/mol. The van der Waals surface area contributed by atoms with Gasteiger partial charge in [-0.3, -0.25) is 4.68 Å². The van der Waals surface area contributed by atoms with Crippen molar-refractivity contribution in [1.82, 2.24) is 19.7 Å². The maximum absolute atomic E-state index is 6.04. The summed E-state index contributed by atoms with van der Waals surface area (Å²) in [7, 11) is 1.96. The Morgan fingerprint density at radius 1 is 1.30 bits per heavy atom. The van der Waals surface area contributed by atoms with Crippen molar-refractivity contribution in [2.45, 2.75) is 27.2 Å². The van der Waals surface area contributed by atoms with E-state index in [-0.39, 0.29) is 5.41 Å². The molecule has 0 spiro atoms. The number of hydrogen-bond acceptors (Lipinski definition) is 4. The number of aromatic nitrogens is 4. The molecule has 104 valence electrons. The van der Waals surface area contributed by atoms with Gasteiger partial charge in [-0.1, -0.05) is 20.8 Å². The van der Waals surface area contributed by atoms with Gasteiger partial charge >= 0.3 is 0 Å². The first-order valence-corrected chi connectivity index (χ1v) is 6.72. The van der Waals surface area contributed by atoms with Crippen LogP contribution in [-0.4, -0.2) is 19.7 Å². The zero-order chi connectivity index (χ0) is 14.5. The average Bonchev–Trinajstić information content (AvgIpc) is 2.66. The van der Waals surface area contributed by atoms with E-state index in [4.69, 9.17) is 5.73 Å². The Hall–Kier alpha value is -2.17. The maximum Gasteiger partial charge on any atom is 0.162 e. The van der Waals surface area contributed by atoms with Crippen LogP contribution in [0.15, 0.2) is 18.3 Å². The molecule has 0 aromatic carbocycles. The molecular formula is C15H19N5. The number of hydrogen-bond donors (Lipinski definition) is 1. The SMILES string of the molecule is Cn1nc2c(N)nc3ncccc3c2c1CC(C)(C)C. The van der Waals surface area contributed by atoms with Gasteiger partial charge < -0.3 is 5.73 Å². The largest absolute Gasteiger partial charge is 0.382 e. The zero-order valence-electron chi connectivity index (χ0n) is 12.3. The molecule has 2 N–H and O–H groups in total. The second kappa shape index (κ2) is 4.16. The third-order valence-corrected chi connectivity index (χ3v) is 3.39. The molecule has 0 bridgehead atoms. The predicted octanol–water partition coefficient (Wildman–Crippen LogP) is 2.69. The summed E-state index contributed by atoms with van der Waals surface area (Å²) in [6.45, 7) is 6.66. The Kier molecular flexibility index (Phi) is 2.67. The van der Waals surface area contributed by atoms with Crippen molar-refractivity contribution >= 4 is 27.8 Å². The van der Waals surface area contributed by atoms with Gasteiger partial charge in [-0.05, 0) is 24.0 Å². The number of aryl methyl sites for hydroxylation is 1. The first-order chi connectivity index (χ1) is 9.37. The molecule has 0 atom stereocenters. The van der Waals surface area contributed by atoms with Crippen molar-refractivity contribution < 1.29 is 0 Å². The topological polar surface area (TPSA) is 69.6 Å². The van der Waals surface area contributed by atoms with E-state index in [1.54, 1.807) is 6.20 Å². The molecule has 0 radical (unpaired) electrons. The second-order valence-electron chi connectivity index (χ2n) is 6.40. The van der Waals surface area contributed by atoms with Crippen LogP contribution in [0.3, 0.4) is 0 Å². The van der Waals surface area contributed by atoms with E-state index in [9.17, 15) is 0 Å². The van der Waals surface area contributed by atoms with Crippen molar-refractivity contribution in [3.63, 3.8) is 0 Å². The molecule has 0 saturated heterocycles. The lowest BCUT2D eigenvalue weighted by atomic mass is 9.89. The molecular weight excluding hydrogens is 250 g/mol. The zero-order valence-corrected chi connectivity index (χ0v) is 12.3. The van der Waals surface area contributed by atoms with Crippen molar-refractivity contribution in [3.05, 3.63) is 24.0 Å². The van der Waals surface area contributed by atoms with Gasteiger partial charge in [0.25, 0.3) is 0 Å². The van der Waals surface area contributed by atoms with Gasteiger partial charge in [0.05, 0.1) is 0 Å². The summed E-state index contributed by atoms with van der Waals surface area (Å²) in [6, 6.07) is 3.96. The van der Waals surface area contributed by atoms with Crippen LogP contribution < -0.4 is 5.73 Å². The standard InChI is InChI=1S/C15H19N5/c1-15(2,3)8-10-11-9-6-5-7-17-14(9)18-13(16)12(11)19-20(10)4/h5-7H,8H2,1-4H3,(H2,16,17,18). The highest BCUT2D eigenvalue weighted by molar-refractivity contribution is 6.08. The average molecular weight is 269 g/mol. The summed E-state index contributed by atoms with van der Waals surface area (Å²) < 4.78 is 1.92. The van der Waals surface area contributed by atoms with Crippen LogP contribution in [0.5, 0.6) is 0 Å². The minimum absolute atomic E-state index is 0.174. The van der Waals surface area contributed by atoms with Gasteiger partial charge in [0.15, 0.2) is 11.5 Å². The number of fused-ring (bicyclic) bond motifs is 3. The van der Waals surface area contributed by atoms with Crippen LogP contribution in [0, 0.1) is 5.41 Å². The van der Waals surface area contributed by atoms with Gasteiger partial charge in [-0.2, -0.15) is 5.10 Å². The van der Waals surface area contributed by atoms with Crippen LogP contribution >= 0.6 is 0 Å². The first-order valence-electron chi connectivity index (χ1n) is 6.72. The molecule has 5 heteroatoms. The first kappa shape index (κ1) is 12.8. The lowest BCUT2D eigenvalue weighted by molar-refractivity contribution is 0.399.